The van der Waals surface area contributed by atoms with Crippen molar-refractivity contribution in [3.05, 3.63) is 36.5 Å². The van der Waals surface area contributed by atoms with Crippen molar-refractivity contribution in [2.24, 2.45) is 0 Å². The molecule has 0 aromatic rings. The molecule has 0 aromatic carbocycles. The van der Waals surface area contributed by atoms with Crippen molar-refractivity contribution >= 4 is 11.9 Å². The molecule has 3 N–H and O–H groups in total. The zero-order valence-corrected chi connectivity index (χ0v) is 61.9. The summed E-state index contributed by atoms with van der Waals surface area (Å²) in [5.74, 6) is -0.0440. The molecule has 6 nitrogen and oxygen atoms in total. The Morgan fingerprint density at radius 3 is 0.857 bits per heavy atom. The van der Waals surface area contributed by atoms with Crippen LogP contribution in [0.25, 0.3) is 0 Å². The first-order valence-corrected chi connectivity index (χ1v) is 41.8. The Hall–Kier alpha value is -1.92. The van der Waals surface area contributed by atoms with Crippen LogP contribution >= 0.6 is 0 Å². The molecule has 2 atom stereocenters. The summed E-state index contributed by atoms with van der Waals surface area (Å²) in [6, 6.07) is -0.626. The molecule has 0 heterocycles. The van der Waals surface area contributed by atoms with Gasteiger partial charge in [-0.15, -0.1) is 0 Å². The second-order valence-corrected chi connectivity index (χ2v) is 28.8. The molecule has 0 saturated carbocycles. The molecular formula is C85H163NO5. The highest BCUT2D eigenvalue weighted by molar-refractivity contribution is 5.76. The number of carbonyl (C=O) groups excluding carboxylic acids is 2. The van der Waals surface area contributed by atoms with Gasteiger partial charge < -0.3 is 20.3 Å². The summed E-state index contributed by atoms with van der Waals surface area (Å²) in [4.78, 5) is 24.7. The van der Waals surface area contributed by atoms with E-state index in [1.165, 1.54) is 392 Å². The van der Waals surface area contributed by atoms with Crippen LogP contribution < -0.4 is 5.32 Å². The summed E-state index contributed by atoms with van der Waals surface area (Å²) in [6.45, 7) is 4.93. The molecule has 0 aromatic heterocycles. The Morgan fingerprint density at radius 1 is 0.308 bits per heavy atom. The monoisotopic (exact) mass is 1280 g/mol. The SMILES string of the molecule is CCCCC/C=C\C/C=C\CCCCCCCCCC(=O)OCCCCCCCCCCCCCCCCCCCCCCCCCCCCCCCCCCC(=O)NC(CO)C(O)/C=C/CCCCCCCCCCCCCCCCCCCCCCCCC. The van der Waals surface area contributed by atoms with Gasteiger partial charge in [0.2, 0.25) is 5.91 Å². The largest absolute Gasteiger partial charge is 0.466 e. The number of hydrogen-bond donors (Lipinski definition) is 3. The van der Waals surface area contributed by atoms with E-state index in [4.69, 9.17) is 4.74 Å². The molecule has 0 bridgehead atoms. The van der Waals surface area contributed by atoms with E-state index in [1.807, 2.05) is 6.08 Å². The molecule has 0 radical (unpaired) electrons. The van der Waals surface area contributed by atoms with Crippen LogP contribution in [0.4, 0.5) is 0 Å². The van der Waals surface area contributed by atoms with E-state index in [2.05, 4.69) is 43.5 Å². The van der Waals surface area contributed by atoms with Gasteiger partial charge in [-0.2, -0.15) is 0 Å². The van der Waals surface area contributed by atoms with Gasteiger partial charge in [-0.05, 0) is 64.2 Å². The third-order valence-electron chi connectivity index (χ3n) is 19.7. The van der Waals surface area contributed by atoms with Crippen molar-refractivity contribution in [1.29, 1.82) is 0 Å². The highest BCUT2D eigenvalue weighted by Gasteiger charge is 2.18. The first-order valence-electron chi connectivity index (χ1n) is 41.8. The first kappa shape index (κ1) is 89.1. The van der Waals surface area contributed by atoms with Crippen LogP contribution in [0.2, 0.25) is 0 Å². The number of unbranched alkanes of at least 4 members (excludes halogenated alkanes) is 64. The average Bonchev–Trinajstić information content (AvgIpc) is 3.66. The maximum Gasteiger partial charge on any atom is 0.305 e. The summed E-state index contributed by atoms with van der Waals surface area (Å²) >= 11 is 0. The van der Waals surface area contributed by atoms with Gasteiger partial charge in [0.15, 0.2) is 0 Å². The van der Waals surface area contributed by atoms with E-state index in [-0.39, 0.29) is 18.5 Å². The minimum absolute atomic E-state index is 0.0140. The summed E-state index contributed by atoms with van der Waals surface area (Å²) in [5.41, 5.74) is 0. The minimum Gasteiger partial charge on any atom is -0.466 e. The molecule has 91 heavy (non-hydrogen) atoms. The Bertz CT molecular complexity index is 1470. The van der Waals surface area contributed by atoms with Crippen LogP contribution in [0, 0.1) is 0 Å². The standard InChI is InChI=1S/C85H163NO5/c1-3-5-7-9-11-13-15-17-19-21-22-23-24-33-36-39-42-46-49-53-57-61-65-69-73-77-83(88)82(81-87)86-84(89)78-74-70-66-62-58-54-50-47-43-40-37-34-31-29-27-25-26-28-30-32-35-38-41-44-48-52-56-60-64-68-72-76-80-91-85(90)79-75-71-67-63-59-55-51-45-20-18-16-14-12-10-8-6-4-2/h12,14,18,20,73,77,82-83,87-88H,3-11,13,15-17,19,21-72,74-76,78-81H2,1-2H3,(H,86,89)/b14-12-,20-18-,77-73+. The third kappa shape index (κ3) is 77.0. The lowest BCUT2D eigenvalue weighted by atomic mass is 10.0. The predicted octanol–water partition coefficient (Wildman–Crippen LogP) is 27.8. The van der Waals surface area contributed by atoms with Gasteiger partial charge in [-0.25, -0.2) is 0 Å². The average molecular weight is 1280 g/mol. The Kier molecular flexibility index (Phi) is 78.8. The molecule has 6 heteroatoms. The first-order chi connectivity index (χ1) is 45.0. The maximum absolute atomic E-state index is 12.6. The molecular weight excluding hydrogens is 1110 g/mol. The number of carbonyl (C=O) groups is 2. The van der Waals surface area contributed by atoms with E-state index in [0.717, 1.165) is 51.4 Å². The Morgan fingerprint density at radius 2 is 0.549 bits per heavy atom. The molecule has 0 saturated heterocycles. The zero-order valence-electron chi connectivity index (χ0n) is 61.9. The van der Waals surface area contributed by atoms with Gasteiger partial charge in [0.1, 0.15) is 0 Å². The summed E-state index contributed by atoms with van der Waals surface area (Å²) in [5, 5.41) is 23.3. The predicted molar refractivity (Wildman–Crippen MR) is 403 cm³/mol. The second-order valence-electron chi connectivity index (χ2n) is 28.8. The van der Waals surface area contributed by atoms with Crippen molar-refractivity contribution in [2.45, 2.75) is 482 Å². The van der Waals surface area contributed by atoms with Crippen LogP contribution in [-0.4, -0.2) is 47.4 Å². The number of esters is 1. The highest BCUT2D eigenvalue weighted by atomic mass is 16.5. The quantitative estimate of drug-likeness (QED) is 0.0320. The minimum atomic E-state index is -0.843. The van der Waals surface area contributed by atoms with E-state index < -0.39 is 12.1 Å². The summed E-state index contributed by atoms with van der Waals surface area (Å²) in [7, 11) is 0. The third-order valence-corrected chi connectivity index (χ3v) is 19.7. The van der Waals surface area contributed by atoms with Crippen molar-refractivity contribution < 1.29 is 24.5 Å². The van der Waals surface area contributed by atoms with Crippen molar-refractivity contribution in [3.8, 4) is 0 Å². The van der Waals surface area contributed by atoms with Crippen molar-refractivity contribution in [3.63, 3.8) is 0 Å². The molecule has 0 rings (SSSR count). The van der Waals surface area contributed by atoms with Crippen LogP contribution in [0.3, 0.4) is 0 Å². The number of hydrogen-bond acceptors (Lipinski definition) is 5. The number of nitrogens with one attached hydrogen (secondary N) is 1. The zero-order chi connectivity index (χ0) is 65.6. The Labute approximate surface area is 570 Å². The van der Waals surface area contributed by atoms with Gasteiger partial charge in [0, 0.05) is 12.8 Å². The number of ether oxygens (including phenoxy) is 1. The van der Waals surface area contributed by atoms with Crippen LogP contribution in [0.15, 0.2) is 36.5 Å². The van der Waals surface area contributed by atoms with E-state index in [1.54, 1.807) is 6.08 Å². The lowest BCUT2D eigenvalue weighted by molar-refractivity contribution is -0.143. The number of allylic oxidation sites excluding steroid dienone is 5. The van der Waals surface area contributed by atoms with Gasteiger partial charge in [0.05, 0.1) is 25.4 Å². The summed E-state index contributed by atoms with van der Waals surface area (Å²) < 4.78 is 5.51. The fourth-order valence-electron chi connectivity index (χ4n) is 13.3. The normalized spacial score (nSPS) is 12.6. The number of rotatable bonds is 79. The molecule has 0 aliphatic rings. The van der Waals surface area contributed by atoms with Gasteiger partial charge in [-0.1, -0.05) is 429 Å². The van der Waals surface area contributed by atoms with Crippen LogP contribution in [-0.2, 0) is 14.3 Å². The van der Waals surface area contributed by atoms with Gasteiger partial charge in [-0.3, -0.25) is 9.59 Å². The van der Waals surface area contributed by atoms with E-state index >= 15 is 0 Å². The molecule has 1 amide bonds. The number of aliphatic hydroxyl groups is 2. The van der Waals surface area contributed by atoms with E-state index in [0.29, 0.717) is 19.4 Å². The molecule has 538 valence electrons. The molecule has 2 unspecified atom stereocenters. The Balaban J connectivity index is 3.35. The van der Waals surface area contributed by atoms with Crippen molar-refractivity contribution in [2.75, 3.05) is 13.2 Å². The van der Waals surface area contributed by atoms with Crippen LogP contribution in [0.1, 0.15) is 470 Å². The fraction of sp³-hybridized carbons (Fsp3) is 0.906. The highest BCUT2D eigenvalue weighted by Crippen LogP contribution is 2.20. The second kappa shape index (κ2) is 80.5. The number of aliphatic hydroxyl groups excluding tert-OH is 2. The maximum atomic E-state index is 12.6. The topological polar surface area (TPSA) is 95.9 Å². The molecule has 0 aliphatic heterocycles. The van der Waals surface area contributed by atoms with Gasteiger partial charge in [0.25, 0.3) is 0 Å². The fourth-order valence-corrected chi connectivity index (χ4v) is 13.3. The summed E-state index contributed by atoms with van der Waals surface area (Å²) in [6.07, 6.45) is 106. The lowest BCUT2D eigenvalue weighted by Gasteiger charge is -2.20. The van der Waals surface area contributed by atoms with Crippen LogP contribution in [0.5, 0.6) is 0 Å². The molecule has 0 aliphatic carbocycles. The molecule has 0 fully saturated rings. The van der Waals surface area contributed by atoms with Crippen molar-refractivity contribution in [1.82, 2.24) is 5.32 Å². The van der Waals surface area contributed by atoms with E-state index in [9.17, 15) is 19.8 Å². The lowest BCUT2D eigenvalue weighted by Crippen LogP contribution is -2.45. The smallest absolute Gasteiger partial charge is 0.305 e. The van der Waals surface area contributed by atoms with Gasteiger partial charge >= 0.3 is 5.97 Å². The number of amides is 1. The molecule has 0 spiro atoms.